The second-order valence-electron chi connectivity index (χ2n) is 4.18. The summed E-state index contributed by atoms with van der Waals surface area (Å²) < 4.78 is 0. The van der Waals surface area contributed by atoms with Crippen molar-refractivity contribution < 1.29 is 4.79 Å². The highest BCUT2D eigenvalue weighted by Crippen LogP contribution is 2.09. The monoisotopic (exact) mass is 275 g/mol. The van der Waals surface area contributed by atoms with Crippen LogP contribution in [0.3, 0.4) is 0 Å². The number of nitrogens with zero attached hydrogens (tertiary/aromatic N) is 1. The van der Waals surface area contributed by atoms with Gasteiger partial charge in [-0.1, -0.05) is 19.1 Å². The number of hydrogen-bond donors (Lipinski definition) is 2. The van der Waals surface area contributed by atoms with Crippen LogP contribution in [0.15, 0.2) is 35.2 Å². The summed E-state index contributed by atoms with van der Waals surface area (Å²) in [5, 5.41) is 7.90. The van der Waals surface area contributed by atoms with Crippen LogP contribution in [-0.4, -0.2) is 17.4 Å². The Kier molecular flexibility index (Phi) is 4.92. The molecule has 0 atom stereocenters. The van der Waals surface area contributed by atoms with Gasteiger partial charge in [0.1, 0.15) is 5.69 Å². The summed E-state index contributed by atoms with van der Waals surface area (Å²) in [7, 11) is 0. The number of nitrogens with one attached hydrogen (secondary N) is 2. The second kappa shape index (κ2) is 6.89. The van der Waals surface area contributed by atoms with E-state index in [0.717, 1.165) is 24.2 Å². The van der Waals surface area contributed by atoms with E-state index in [-0.39, 0.29) is 5.91 Å². The Morgan fingerprint density at radius 3 is 2.74 bits per heavy atom. The quantitative estimate of drug-likeness (QED) is 0.852. The Bertz CT molecular complexity index is 508. The van der Waals surface area contributed by atoms with Gasteiger partial charge in [-0.15, -0.1) is 11.3 Å². The Hall–Kier alpha value is -1.88. The average Bonchev–Trinajstić information content (AvgIpc) is 2.98. The molecule has 100 valence electrons. The van der Waals surface area contributed by atoms with Gasteiger partial charge in [-0.05, 0) is 24.1 Å². The number of amides is 1. The first kappa shape index (κ1) is 13.5. The van der Waals surface area contributed by atoms with Gasteiger partial charge in [0.2, 0.25) is 0 Å². The Morgan fingerprint density at radius 1 is 1.32 bits per heavy atom. The van der Waals surface area contributed by atoms with Crippen molar-refractivity contribution in [1.29, 1.82) is 0 Å². The zero-order valence-corrected chi connectivity index (χ0v) is 11.7. The molecule has 2 aromatic rings. The van der Waals surface area contributed by atoms with E-state index in [0.29, 0.717) is 12.2 Å². The molecule has 0 radical (unpaired) electrons. The fraction of sp³-hybridized carbons (Fsp3) is 0.286. The number of aromatic nitrogens is 1. The summed E-state index contributed by atoms with van der Waals surface area (Å²) in [6, 6.07) is 8.08. The van der Waals surface area contributed by atoms with Crippen LogP contribution in [0.1, 0.15) is 29.4 Å². The molecular formula is C14H17N3OS. The van der Waals surface area contributed by atoms with Crippen molar-refractivity contribution in [2.45, 2.75) is 19.9 Å². The molecule has 4 nitrogen and oxygen atoms in total. The largest absolute Gasteiger partial charge is 0.385 e. The summed E-state index contributed by atoms with van der Waals surface area (Å²) in [6.45, 7) is 3.62. The normalized spacial score (nSPS) is 10.2. The van der Waals surface area contributed by atoms with Gasteiger partial charge in [0.05, 0.1) is 5.51 Å². The second-order valence-corrected chi connectivity index (χ2v) is 4.90. The zero-order valence-electron chi connectivity index (χ0n) is 10.8. The molecular weight excluding hydrogens is 258 g/mol. The third-order valence-corrected chi connectivity index (χ3v) is 3.24. The summed E-state index contributed by atoms with van der Waals surface area (Å²) in [6.07, 6.45) is 1.10. The fourth-order valence-electron chi connectivity index (χ4n) is 1.61. The highest BCUT2D eigenvalue weighted by atomic mass is 32.1. The number of thiazole rings is 1. The number of rotatable bonds is 6. The van der Waals surface area contributed by atoms with Gasteiger partial charge >= 0.3 is 0 Å². The molecule has 2 rings (SSSR count). The van der Waals surface area contributed by atoms with E-state index < -0.39 is 0 Å². The van der Waals surface area contributed by atoms with Crippen molar-refractivity contribution in [3.8, 4) is 0 Å². The molecule has 2 N–H and O–H groups in total. The molecule has 0 saturated heterocycles. The summed E-state index contributed by atoms with van der Waals surface area (Å²) in [4.78, 5) is 15.7. The van der Waals surface area contributed by atoms with Crippen molar-refractivity contribution in [1.82, 2.24) is 10.3 Å². The molecule has 0 spiro atoms. The molecule has 1 aromatic heterocycles. The van der Waals surface area contributed by atoms with Crippen LogP contribution >= 0.6 is 11.3 Å². The minimum Gasteiger partial charge on any atom is -0.385 e. The molecule has 0 aliphatic rings. The van der Waals surface area contributed by atoms with E-state index >= 15 is 0 Å². The molecule has 0 bridgehead atoms. The van der Waals surface area contributed by atoms with Crippen molar-refractivity contribution in [2.24, 2.45) is 0 Å². The lowest BCUT2D eigenvalue weighted by Gasteiger charge is -2.07. The lowest BCUT2D eigenvalue weighted by atomic mass is 10.2. The number of carbonyl (C=O) groups excluding carboxylic acids is 1. The Balaban J connectivity index is 1.84. The smallest absolute Gasteiger partial charge is 0.271 e. The third kappa shape index (κ3) is 4.06. The molecule has 0 aliphatic carbocycles. The van der Waals surface area contributed by atoms with Gasteiger partial charge in [0.25, 0.3) is 5.91 Å². The van der Waals surface area contributed by atoms with Gasteiger partial charge in [-0.3, -0.25) is 4.79 Å². The maximum atomic E-state index is 11.7. The summed E-state index contributed by atoms with van der Waals surface area (Å²) in [5.74, 6) is -0.130. The molecule has 19 heavy (non-hydrogen) atoms. The first-order valence-electron chi connectivity index (χ1n) is 6.29. The zero-order chi connectivity index (χ0) is 13.5. The van der Waals surface area contributed by atoms with Crippen LogP contribution in [-0.2, 0) is 6.54 Å². The van der Waals surface area contributed by atoms with Crippen LogP contribution in [0, 0.1) is 0 Å². The molecule has 5 heteroatoms. The summed E-state index contributed by atoms with van der Waals surface area (Å²) in [5.41, 5.74) is 4.32. The van der Waals surface area contributed by atoms with Crippen LogP contribution < -0.4 is 10.6 Å². The number of anilines is 1. The van der Waals surface area contributed by atoms with E-state index in [1.54, 1.807) is 10.9 Å². The molecule has 1 aromatic carbocycles. The summed E-state index contributed by atoms with van der Waals surface area (Å²) >= 11 is 1.42. The van der Waals surface area contributed by atoms with Crippen LogP contribution in [0.2, 0.25) is 0 Å². The molecule has 0 aliphatic heterocycles. The predicted molar refractivity (Wildman–Crippen MR) is 78.5 cm³/mol. The van der Waals surface area contributed by atoms with Gasteiger partial charge in [-0.25, -0.2) is 4.98 Å². The third-order valence-electron chi connectivity index (χ3n) is 2.65. The standard InChI is InChI=1S/C14H17N3OS/c1-2-7-15-12-5-3-11(4-6-12)8-16-14(18)13-9-19-10-17-13/h3-6,9-10,15H,2,7-8H2,1H3,(H,16,18). The van der Waals surface area contributed by atoms with E-state index in [1.807, 2.05) is 24.3 Å². The molecule has 0 unspecified atom stereocenters. The first-order chi connectivity index (χ1) is 9.29. The number of benzene rings is 1. The highest BCUT2D eigenvalue weighted by molar-refractivity contribution is 7.07. The highest BCUT2D eigenvalue weighted by Gasteiger charge is 2.06. The minimum atomic E-state index is -0.130. The van der Waals surface area contributed by atoms with Crippen molar-refractivity contribution >= 4 is 22.9 Å². The van der Waals surface area contributed by atoms with Crippen molar-refractivity contribution in [3.05, 3.63) is 46.4 Å². The van der Waals surface area contributed by atoms with Crippen LogP contribution in [0.5, 0.6) is 0 Å². The van der Waals surface area contributed by atoms with Crippen molar-refractivity contribution in [3.63, 3.8) is 0 Å². The molecule has 1 amide bonds. The van der Waals surface area contributed by atoms with E-state index in [9.17, 15) is 4.79 Å². The number of carbonyl (C=O) groups is 1. The fourth-order valence-corrected chi connectivity index (χ4v) is 2.14. The van der Waals surface area contributed by atoms with E-state index in [1.165, 1.54) is 11.3 Å². The lowest BCUT2D eigenvalue weighted by Crippen LogP contribution is -2.22. The first-order valence-corrected chi connectivity index (χ1v) is 7.23. The average molecular weight is 275 g/mol. The van der Waals surface area contributed by atoms with Gasteiger partial charge in [-0.2, -0.15) is 0 Å². The Labute approximate surface area is 116 Å². The Morgan fingerprint density at radius 2 is 2.11 bits per heavy atom. The van der Waals surface area contributed by atoms with E-state index in [4.69, 9.17) is 0 Å². The van der Waals surface area contributed by atoms with Crippen LogP contribution in [0.25, 0.3) is 0 Å². The SMILES string of the molecule is CCCNc1ccc(CNC(=O)c2cscn2)cc1. The van der Waals surface area contributed by atoms with Gasteiger partial charge < -0.3 is 10.6 Å². The van der Waals surface area contributed by atoms with Crippen molar-refractivity contribution in [2.75, 3.05) is 11.9 Å². The molecule has 1 heterocycles. The number of hydrogen-bond acceptors (Lipinski definition) is 4. The van der Waals surface area contributed by atoms with Crippen LogP contribution in [0.4, 0.5) is 5.69 Å². The maximum absolute atomic E-state index is 11.7. The lowest BCUT2D eigenvalue weighted by molar-refractivity contribution is 0.0946. The minimum absolute atomic E-state index is 0.130. The van der Waals surface area contributed by atoms with E-state index in [2.05, 4.69) is 22.5 Å². The topological polar surface area (TPSA) is 54.0 Å². The predicted octanol–water partition coefficient (Wildman–Crippen LogP) is 2.90. The van der Waals surface area contributed by atoms with Gasteiger partial charge in [0, 0.05) is 24.2 Å². The molecule has 0 fully saturated rings. The molecule has 0 saturated carbocycles. The van der Waals surface area contributed by atoms with Gasteiger partial charge in [0.15, 0.2) is 0 Å². The maximum Gasteiger partial charge on any atom is 0.271 e.